The molecule has 3 aliphatic rings. The lowest BCUT2D eigenvalue weighted by molar-refractivity contribution is 0.0105. The largest absolute Gasteiger partial charge is 0.379 e. The fraction of sp³-hybridized carbons (Fsp3) is 0.611. The van der Waals surface area contributed by atoms with E-state index >= 15 is 0 Å². The Hall–Kier alpha value is -2.21. The Labute approximate surface area is 197 Å². The third-order valence-electron chi connectivity index (χ3n) is 6.39. The molecule has 16 heteroatoms. The molecule has 1 aromatic heterocycles. The molecule has 0 bridgehead atoms. The molecule has 0 unspecified atom stereocenters. The highest BCUT2D eigenvalue weighted by molar-refractivity contribution is 7.92. The van der Waals surface area contributed by atoms with Crippen LogP contribution in [-0.4, -0.2) is 107 Å². The zero-order valence-corrected chi connectivity index (χ0v) is 20.0. The van der Waals surface area contributed by atoms with E-state index in [9.17, 15) is 16.8 Å². The zero-order valence-electron chi connectivity index (χ0n) is 18.3. The molecule has 3 saturated heterocycles. The van der Waals surface area contributed by atoms with E-state index in [2.05, 4.69) is 35.6 Å². The number of ether oxygens (including phenoxy) is 1. The van der Waals surface area contributed by atoms with Crippen molar-refractivity contribution in [2.45, 2.75) is 28.3 Å². The number of H-pyrrole nitrogens is 1. The van der Waals surface area contributed by atoms with Crippen LogP contribution in [0.15, 0.2) is 21.9 Å². The predicted octanol–water partition coefficient (Wildman–Crippen LogP) is -2.32. The van der Waals surface area contributed by atoms with Crippen LogP contribution < -0.4 is 20.1 Å². The molecule has 1 aromatic carbocycles. The highest BCUT2D eigenvalue weighted by atomic mass is 32.2. The van der Waals surface area contributed by atoms with Gasteiger partial charge in [0, 0.05) is 50.5 Å². The van der Waals surface area contributed by atoms with Gasteiger partial charge in [0.15, 0.2) is 0 Å². The summed E-state index contributed by atoms with van der Waals surface area (Å²) in [5, 5.41) is 22.4. The molecule has 186 valence electrons. The molecule has 4 heterocycles. The van der Waals surface area contributed by atoms with Gasteiger partial charge in [-0.05, 0) is 30.3 Å². The van der Waals surface area contributed by atoms with Crippen LogP contribution in [0.1, 0.15) is 6.42 Å². The normalized spacial score (nSPS) is 22.7. The molecule has 5 rings (SSSR count). The Morgan fingerprint density at radius 2 is 1.91 bits per heavy atom. The molecule has 0 amide bonds. The number of anilines is 1. The number of sulfonamides is 2. The molecule has 0 spiro atoms. The average molecular weight is 514 g/mol. The topological polar surface area (TPSA) is 189 Å². The van der Waals surface area contributed by atoms with Gasteiger partial charge in [-0.15, -0.1) is 10.2 Å². The summed E-state index contributed by atoms with van der Waals surface area (Å²) in [7, 11) is -8.70. The van der Waals surface area contributed by atoms with E-state index in [0.29, 0.717) is 51.5 Å². The van der Waals surface area contributed by atoms with Gasteiger partial charge in [-0.3, -0.25) is 4.90 Å². The molecule has 3 aliphatic heterocycles. The Morgan fingerprint density at radius 1 is 1.15 bits per heavy atom. The first-order valence-corrected chi connectivity index (χ1v) is 14.0. The molecule has 3 fully saturated rings. The Balaban J connectivity index is 1.56. The van der Waals surface area contributed by atoms with E-state index in [4.69, 9.17) is 9.88 Å². The molecule has 0 saturated carbocycles. The summed E-state index contributed by atoms with van der Waals surface area (Å²) in [6.45, 7) is 5.40. The minimum Gasteiger partial charge on any atom is -0.379 e. The monoisotopic (exact) mass is 513 g/mol. The molecule has 0 radical (unpaired) electrons. The van der Waals surface area contributed by atoms with Crippen LogP contribution in [0.2, 0.25) is 0 Å². The van der Waals surface area contributed by atoms with Crippen LogP contribution in [0.3, 0.4) is 0 Å². The van der Waals surface area contributed by atoms with Crippen LogP contribution >= 0.6 is 0 Å². The Kier molecular flexibility index (Phi) is 6.30. The van der Waals surface area contributed by atoms with Gasteiger partial charge in [-0.2, -0.15) is 5.21 Å². The molecule has 0 aliphatic carbocycles. The number of aromatic nitrogens is 4. The van der Waals surface area contributed by atoms with E-state index in [1.807, 2.05) is 4.90 Å². The summed E-state index contributed by atoms with van der Waals surface area (Å²) < 4.78 is 60.1. The van der Waals surface area contributed by atoms with Gasteiger partial charge in [0.25, 0.3) is 0 Å². The van der Waals surface area contributed by atoms with Gasteiger partial charge in [0.05, 0.1) is 18.8 Å². The van der Waals surface area contributed by atoms with Gasteiger partial charge in [0.2, 0.25) is 25.9 Å². The molecule has 5 N–H and O–H groups in total. The van der Waals surface area contributed by atoms with Gasteiger partial charge in [-0.25, -0.2) is 26.7 Å². The minimum absolute atomic E-state index is 0.0177. The first-order valence-electron chi connectivity index (χ1n) is 11.0. The summed E-state index contributed by atoms with van der Waals surface area (Å²) in [6.07, 6.45) is 0.594. The number of tetrazole rings is 1. The summed E-state index contributed by atoms with van der Waals surface area (Å²) in [4.78, 5) is 3.31. The number of aromatic amines is 1. The minimum atomic E-state index is -4.49. The maximum absolute atomic E-state index is 13.2. The summed E-state index contributed by atoms with van der Waals surface area (Å²) >= 11 is 0. The molecule has 2 aromatic rings. The van der Waals surface area contributed by atoms with E-state index in [1.54, 1.807) is 6.07 Å². The second-order valence-electron chi connectivity index (χ2n) is 8.59. The van der Waals surface area contributed by atoms with Gasteiger partial charge in [-0.1, -0.05) is 0 Å². The Morgan fingerprint density at radius 3 is 2.53 bits per heavy atom. The van der Waals surface area contributed by atoms with Crippen molar-refractivity contribution < 1.29 is 21.6 Å². The summed E-state index contributed by atoms with van der Waals surface area (Å²) in [5.74, 6) is -0.0477. The lowest BCUT2D eigenvalue weighted by Gasteiger charge is -2.48. The summed E-state index contributed by atoms with van der Waals surface area (Å²) in [5.41, 5.74) is 0.500. The van der Waals surface area contributed by atoms with Crippen LogP contribution in [0.5, 0.6) is 0 Å². The maximum Gasteiger partial charge on any atom is 0.242 e. The fourth-order valence-corrected chi connectivity index (χ4v) is 7.53. The van der Waals surface area contributed by atoms with Gasteiger partial charge >= 0.3 is 0 Å². The number of hydrogen-bond acceptors (Lipinski definition) is 11. The Bertz CT molecular complexity index is 1230. The SMILES string of the molecule is NS(=O)(=O)c1c(S(=O)(=O)N[C@@H]2CCNC2)ccc(N2CC(N3CCOCC3)C2)c1-c1nn[nH]n1. The van der Waals surface area contributed by atoms with Crippen LogP contribution in [0, 0.1) is 0 Å². The highest BCUT2D eigenvalue weighted by Gasteiger charge is 2.38. The molecule has 1 atom stereocenters. The smallest absolute Gasteiger partial charge is 0.242 e. The fourth-order valence-electron chi connectivity index (χ4n) is 4.66. The van der Waals surface area contributed by atoms with Crippen molar-refractivity contribution in [3.8, 4) is 11.4 Å². The van der Waals surface area contributed by atoms with Crippen molar-refractivity contribution >= 4 is 25.7 Å². The molecular weight excluding hydrogens is 486 g/mol. The van der Waals surface area contributed by atoms with E-state index in [-0.39, 0.29) is 23.5 Å². The lowest BCUT2D eigenvalue weighted by Crippen LogP contribution is -2.61. The number of benzene rings is 1. The maximum atomic E-state index is 13.2. The standard InChI is InChI=1S/C18H27N9O5S2/c19-33(28,29)17-15(34(30,31)23-12-3-4-20-9-12)2-1-14(16(17)18-21-24-25-22-18)27-10-13(11-27)26-5-7-32-8-6-26/h1-2,12-13,20,23H,3-11H2,(H2,19,28,29)(H,21,22,24,25)/t12-/m1/s1. The third-order valence-corrected chi connectivity index (χ3v) is 9.07. The number of primary sulfonamides is 1. The molecule has 34 heavy (non-hydrogen) atoms. The van der Waals surface area contributed by atoms with Crippen LogP contribution in [0.4, 0.5) is 5.69 Å². The quantitative estimate of drug-likeness (QED) is 0.311. The number of nitrogens with two attached hydrogens (primary N) is 1. The average Bonchev–Trinajstić information content (AvgIpc) is 3.46. The van der Waals surface area contributed by atoms with Crippen LogP contribution in [-0.2, 0) is 24.8 Å². The van der Waals surface area contributed by atoms with Crippen molar-refractivity contribution in [3.05, 3.63) is 12.1 Å². The van der Waals surface area contributed by atoms with E-state index < -0.39 is 29.8 Å². The van der Waals surface area contributed by atoms with Gasteiger partial charge in [0.1, 0.15) is 9.79 Å². The summed E-state index contributed by atoms with van der Waals surface area (Å²) in [6, 6.07) is 2.79. The van der Waals surface area contributed by atoms with Crippen molar-refractivity contribution in [1.82, 2.24) is 35.6 Å². The van der Waals surface area contributed by atoms with Crippen molar-refractivity contribution in [2.75, 3.05) is 57.4 Å². The van der Waals surface area contributed by atoms with Crippen molar-refractivity contribution in [1.29, 1.82) is 0 Å². The third kappa shape index (κ3) is 4.53. The molecular formula is C18H27N9O5S2. The number of nitrogens with one attached hydrogen (secondary N) is 3. The highest BCUT2D eigenvalue weighted by Crippen LogP contribution is 2.40. The number of nitrogens with zero attached hydrogens (tertiary/aromatic N) is 5. The second kappa shape index (κ2) is 9.10. The number of rotatable bonds is 7. The number of hydrogen-bond donors (Lipinski definition) is 4. The van der Waals surface area contributed by atoms with Crippen LogP contribution in [0.25, 0.3) is 11.4 Å². The van der Waals surface area contributed by atoms with Crippen molar-refractivity contribution in [2.24, 2.45) is 5.14 Å². The predicted molar refractivity (Wildman–Crippen MR) is 121 cm³/mol. The lowest BCUT2D eigenvalue weighted by atomic mass is 10.0. The van der Waals surface area contributed by atoms with Gasteiger partial charge < -0.3 is 15.0 Å². The first-order chi connectivity index (χ1) is 16.2. The first kappa shape index (κ1) is 23.5. The second-order valence-corrected chi connectivity index (χ2v) is 11.8. The van der Waals surface area contributed by atoms with Crippen molar-refractivity contribution in [3.63, 3.8) is 0 Å². The van der Waals surface area contributed by atoms with E-state index in [1.165, 1.54) is 6.07 Å². The van der Waals surface area contributed by atoms with E-state index in [0.717, 1.165) is 13.1 Å². The zero-order chi connectivity index (χ0) is 23.9. The molecule has 14 nitrogen and oxygen atoms in total. The number of morpholine rings is 1.